The van der Waals surface area contributed by atoms with Gasteiger partial charge in [-0.1, -0.05) is 37.2 Å². The molecule has 0 aliphatic heterocycles. The quantitative estimate of drug-likeness (QED) is 0.501. The van der Waals surface area contributed by atoms with Crippen LogP contribution < -0.4 is 5.56 Å². The van der Waals surface area contributed by atoms with Crippen LogP contribution in [0.1, 0.15) is 32.6 Å². The zero-order valence-corrected chi connectivity index (χ0v) is 14.6. The van der Waals surface area contributed by atoms with Crippen molar-refractivity contribution < 1.29 is 5.11 Å². The Hall–Kier alpha value is -1.86. The second-order valence-electron chi connectivity index (χ2n) is 5.72. The third kappa shape index (κ3) is 3.18. The molecule has 24 heavy (non-hydrogen) atoms. The minimum atomic E-state index is -0.00755. The maximum Gasteiger partial charge on any atom is 0.262 e. The van der Waals surface area contributed by atoms with Crippen LogP contribution >= 0.6 is 11.8 Å². The molecule has 0 unspecified atom stereocenters. The molecule has 1 N–H and O–H groups in total. The fourth-order valence-corrected chi connectivity index (χ4v) is 3.75. The van der Waals surface area contributed by atoms with Crippen molar-refractivity contribution in [3.8, 4) is 0 Å². The van der Waals surface area contributed by atoms with Crippen LogP contribution in [0.5, 0.6) is 0 Å². The molecule has 1 aromatic carbocycles. The monoisotopic (exact) mass is 346 g/mol. The van der Waals surface area contributed by atoms with Crippen LogP contribution in [0.2, 0.25) is 0 Å². The molecule has 7 heteroatoms. The van der Waals surface area contributed by atoms with Crippen LogP contribution in [-0.2, 0) is 6.54 Å². The average molecular weight is 346 g/mol. The highest BCUT2D eigenvalue weighted by Gasteiger charge is 2.15. The molecule has 0 radical (unpaired) electrons. The fraction of sp³-hybridized carbons (Fsp3) is 0.471. The number of aliphatic hydroxyl groups is 1. The third-order valence-electron chi connectivity index (χ3n) is 3.96. The summed E-state index contributed by atoms with van der Waals surface area (Å²) in [7, 11) is 0. The molecule has 0 spiro atoms. The maximum absolute atomic E-state index is 12.7. The zero-order valence-electron chi connectivity index (χ0n) is 13.8. The molecular formula is C17H22N4O2S. The van der Waals surface area contributed by atoms with Crippen molar-refractivity contribution in [1.29, 1.82) is 0 Å². The Morgan fingerprint density at radius 3 is 2.79 bits per heavy atom. The number of benzene rings is 1. The van der Waals surface area contributed by atoms with E-state index in [1.807, 2.05) is 35.6 Å². The van der Waals surface area contributed by atoms with Crippen LogP contribution in [0.15, 0.2) is 34.2 Å². The van der Waals surface area contributed by atoms with E-state index in [0.717, 1.165) is 42.1 Å². The number of unbranched alkanes of at least 4 members (excludes halogenated alkanes) is 2. The van der Waals surface area contributed by atoms with Gasteiger partial charge in [0.25, 0.3) is 5.56 Å². The molecule has 0 aliphatic rings. The summed E-state index contributed by atoms with van der Waals surface area (Å²) >= 11 is 1.65. The Morgan fingerprint density at radius 1 is 1.17 bits per heavy atom. The second kappa shape index (κ2) is 7.81. The van der Waals surface area contributed by atoms with E-state index in [2.05, 4.69) is 10.2 Å². The summed E-state index contributed by atoms with van der Waals surface area (Å²) < 4.78 is 3.70. The summed E-state index contributed by atoms with van der Waals surface area (Å²) in [5.41, 5.74) is 0.847. The molecule has 128 valence electrons. The van der Waals surface area contributed by atoms with Gasteiger partial charge in [0.1, 0.15) is 0 Å². The molecule has 6 nitrogen and oxygen atoms in total. The topological polar surface area (TPSA) is 72.4 Å². The summed E-state index contributed by atoms with van der Waals surface area (Å²) in [5.74, 6) is 1.53. The third-order valence-corrected chi connectivity index (χ3v) is 4.97. The molecule has 0 aliphatic carbocycles. The minimum Gasteiger partial charge on any atom is -0.396 e. The number of hydrogen-bond acceptors (Lipinski definition) is 5. The molecule has 3 aromatic rings. The minimum absolute atomic E-state index is 0.00755. The van der Waals surface area contributed by atoms with Crippen LogP contribution in [0.25, 0.3) is 16.7 Å². The van der Waals surface area contributed by atoms with Crippen molar-refractivity contribution in [3.63, 3.8) is 0 Å². The first-order valence-electron chi connectivity index (χ1n) is 8.38. The summed E-state index contributed by atoms with van der Waals surface area (Å²) in [6.45, 7) is 2.92. The first-order chi connectivity index (χ1) is 11.8. The van der Waals surface area contributed by atoms with E-state index < -0.39 is 0 Å². The van der Waals surface area contributed by atoms with Crippen molar-refractivity contribution in [2.24, 2.45) is 0 Å². The van der Waals surface area contributed by atoms with Crippen LogP contribution in [-0.4, -0.2) is 36.6 Å². The van der Waals surface area contributed by atoms with E-state index in [-0.39, 0.29) is 12.2 Å². The fourth-order valence-electron chi connectivity index (χ4n) is 2.81. The Bertz CT molecular complexity index is 887. The van der Waals surface area contributed by atoms with Crippen molar-refractivity contribution in [2.75, 3.05) is 12.4 Å². The number of aromatic nitrogens is 4. The standard InChI is InChI=1S/C17H22N4O2S/c1-2-10-20-15(23)13-8-4-5-9-14(13)21-16(20)18-19-17(21)24-12-7-3-6-11-22/h4-5,8-9,22H,2-3,6-7,10-12H2,1H3. The van der Waals surface area contributed by atoms with Gasteiger partial charge >= 0.3 is 0 Å². The van der Waals surface area contributed by atoms with Gasteiger partial charge in [-0.15, -0.1) is 10.2 Å². The zero-order chi connectivity index (χ0) is 16.9. The maximum atomic E-state index is 12.7. The Labute approximate surface area is 144 Å². The predicted octanol–water partition coefficient (Wildman–Crippen LogP) is 2.71. The van der Waals surface area contributed by atoms with Gasteiger partial charge in [-0.05, 0) is 31.4 Å². The van der Waals surface area contributed by atoms with E-state index >= 15 is 0 Å². The molecule has 0 atom stereocenters. The number of rotatable bonds is 8. The van der Waals surface area contributed by atoms with Gasteiger partial charge < -0.3 is 5.11 Å². The molecule has 0 saturated carbocycles. The number of fused-ring (bicyclic) bond motifs is 3. The number of hydrogen-bond donors (Lipinski definition) is 1. The highest BCUT2D eigenvalue weighted by Crippen LogP contribution is 2.22. The summed E-state index contributed by atoms with van der Waals surface area (Å²) in [5, 5.41) is 19.0. The Morgan fingerprint density at radius 2 is 2.00 bits per heavy atom. The van der Waals surface area contributed by atoms with E-state index in [4.69, 9.17) is 5.11 Å². The molecule has 3 rings (SSSR count). The molecule has 0 fully saturated rings. The smallest absolute Gasteiger partial charge is 0.262 e. The Kier molecular flexibility index (Phi) is 5.52. The lowest BCUT2D eigenvalue weighted by atomic mass is 10.2. The van der Waals surface area contributed by atoms with E-state index in [1.165, 1.54) is 0 Å². The van der Waals surface area contributed by atoms with Gasteiger partial charge in [0.2, 0.25) is 5.78 Å². The van der Waals surface area contributed by atoms with Gasteiger partial charge in [0, 0.05) is 18.9 Å². The summed E-state index contributed by atoms with van der Waals surface area (Å²) in [6, 6.07) is 7.62. The number of aryl methyl sites for hydroxylation is 1. The summed E-state index contributed by atoms with van der Waals surface area (Å²) in [4.78, 5) is 12.7. The van der Waals surface area contributed by atoms with Gasteiger partial charge in [0.15, 0.2) is 5.16 Å². The molecule has 2 aromatic heterocycles. The van der Waals surface area contributed by atoms with Crippen LogP contribution in [0.4, 0.5) is 0 Å². The normalized spacial score (nSPS) is 11.6. The van der Waals surface area contributed by atoms with Gasteiger partial charge in [-0.2, -0.15) is 0 Å². The average Bonchev–Trinajstić information content (AvgIpc) is 3.02. The van der Waals surface area contributed by atoms with Gasteiger partial charge in [0.05, 0.1) is 10.9 Å². The number of nitrogens with zero attached hydrogens (tertiary/aromatic N) is 4. The second-order valence-corrected chi connectivity index (χ2v) is 6.79. The summed E-state index contributed by atoms with van der Waals surface area (Å²) in [6.07, 6.45) is 3.72. The van der Waals surface area contributed by atoms with E-state index in [9.17, 15) is 4.79 Å². The van der Waals surface area contributed by atoms with Crippen molar-refractivity contribution in [2.45, 2.75) is 44.3 Å². The first-order valence-corrected chi connectivity index (χ1v) is 9.36. The van der Waals surface area contributed by atoms with E-state index in [1.54, 1.807) is 16.3 Å². The molecular weight excluding hydrogens is 324 g/mol. The van der Waals surface area contributed by atoms with Crippen molar-refractivity contribution >= 4 is 28.4 Å². The lowest BCUT2D eigenvalue weighted by Crippen LogP contribution is -2.23. The number of para-hydroxylation sites is 1. The number of thioether (sulfide) groups is 1. The first kappa shape index (κ1) is 17.0. The molecule has 0 bridgehead atoms. The highest BCUT2D eigenvalue weighted by molar-refractivity contribution is 7.99. The van der Waals surface area contributed by atoms with Crippen LogP contribution in [0.3, 0.4) is 0 Å². The van der Waals surface area contributed by atoms with Crippen molar-refractivity contribution in [3.05, 3.63) is 34.6 Å². The highest BCUT2D eigenvalue weighted by atomic mass is 32.2. The van der Waals surface area contributed by atoms with Crippen molar-refractivity contribution in [1.82, 2.24) is 19.2 Å². The predicted molar refractivity (Wildman–Crippen MR) is 96.7 cm³/mol. The molecule has 2 heterocycles. The number of aliphatic hydroxyl groups excluding tert-OH is 1. The van der Waals surface area contributed by atoms with Gasteiger partial charge in [-0.3, -0.25) is 13.8 Å². The van der Waals surface area contributed by atoms with E-state index in [0.29, 0.717) is 17.7 Å². The van der Waals surface area contributed by atoms with Crippen LogP contribution in [0, 0.1) is 0 Å². The largest absolute Gasteiger partial charge is 0.396 e. The Balaban J connectivity index is 2.04. The lowest BCUT2D eigenvalue weighted by molar-refractivity contribution is 0.284. The molecule has 0 saturated heterocycles. The van der Waals surface area contributed by atoms with Gasteiger partial charge in [-0.25, -0.2) is 0 Å². The molecule has 0 amide bonds. The SMILES string of the molecule is CCCn1c(=O)c2ccccc2n2c(SCCCCCO)nnc12. The lowest BCUT2D eigenvalue weighted by Gasteiger charge is -2.10.